The highest BCUT2D eigenvalue weighted by Crippen LogP contribution is 2.23. The van der Waals surface area contributed by atoms with Gasteiger partial charge >= 0.3 is 0 Å². The lowest BCUT2D eigenvalue weighted by molar-refractivity contribution is -0.130. The lowest BCUT2D eigenvalue weighted by Crippen LogP contribution is -2.32. The van der Waals surface area contributed by atoms with Gasteiger partial charge in [0.15, 0.2) is 11.7 Å². The fraction of sp³-hybridized carbons (Fsp3) is 0.421. The first-order valence-electron chi connectivity index (χ1n) is 8.87. The maximum atomic E-state index is 13.7. The van der Waals surface area contributed by atoms with Crippen LogP contribution in [0.5, 0.6) is 0 Å². The first-order chi connectivity index (χ1) is 12.6. The number of carbonyl (C=O) groups is 2. The minimum atomic E-state index is -0.379. The average molecular weight is 359 g/mol. The number of hydrogen-bond donors (Lipinski definition) is 1. The second kappa shape index (κ2) is 8.60. The van der Waals surface area contributed by atoms with Crippen molar-refractivity contribution < 1.29 is 18.4 Å². The third kappa shape index (κ3) is 4.68. The van der Waals surface area contributed by atoms with Crippen molar-refractivity contribution in [2.75, 3.05) is 19.6 Å². The summed E-state index contributed by atoms with van der Waals surface area (Å²) >= 11 is 0. The highest BCUT2D eigenvalue weighted by atomic mass is 19.1. The van der Waals surface area contributed by atoms with E-state index in [1.807, 2.05) is 4.90 Å². The minimum absolute atomic E-state index is 0.0880. The normalized spacial score (nSPS) is 13.8. The molecule has 0 saturated carbocycles. The molecular weight excluding hydrogens is 337 g/mol. The molecule has 1 N–H and O–H groups in total. The number of nitrogens with one attached hydrogen (secondary N) is 1. The number of oxazole rings is 1. The highest BCUT2D eigenvalue weighted by molar-refractivity contribution is 5.79. The fourth-order valence-corrected chi connectivity index (χ4v) is 2.95. The van der Waals surface area contributed by atoms with Crippen molar-refractivity contribution in [3.63, 3.8) is 0 Å². The standard InChI is InChI=1S/C19H22FN3O3/c20-15-6-2-1-5-14(15)16-13-22-18(26-16)8-7-17(24)21-10-9-19(25)23-11-3-4-12-23/h1-2,5-6,13H,3-4,7-12H2,(H,21,24). The predicted molar refractivity (Wildman–Crippen MR) is 93.7 cm³/mol. The Bertz CT molecular complexity index is 769. The van der Waals surface area contributed by atoms with Crippen LogP contribution in [0.25, 0.3) is 11.3 Å². The number of aryl methyl sites for hydroxylation is 1. The van der Waals surface area contributed by atoms with E-state index in [1.165, 1.54) is 12.3 Å². The molecule has 138 valence electrons. The van der Waals surface area contributed by atoms with Gasteiger partial charge < -0.3 is 14.6 Å². The SMILES string of the molecule is O=C(CCc1ncc(-c2ccccc2F)o1)NCCC(=O)N1CCCC1. The van der Waals surface area contributed by atoms with Crippen molar-refractivity contribution in [2.24, 2.45) is 0 Å². The minimum Gasteiger partial charge on any atom is -0.441 e. The van der Waals surface area contributed by atoms with Crippen molar-refractivity contribution in [1.29, 1.82) is 0 Å². The summed E-state index contributed by atoms with van der Waals surface area (Å²) in [5.41, 5.74) is 0.344. The van der Waals surface area contributed by atoms with Gasteiger partial charge in [0, 0.05) is 38.9 Å². The van der Waals surface area contributed by atoms with Crippen LogP contribution in [-0.4, -0.2) is 41.3 Å². The number of nitrogens with zero attached hydrogens (tertiary/aromatic N) is 2. The molecule has 6 nitrogen and oxygen atoms in total. The second-order valence-electron chi connectivity index (χ2n) is 6.29. The van der Waals surface area contributed by atoms with Crippen LogP contribution in [0.2, 0.25) is 0 Å². The molecule has 3 rings (SSSR count). The Morgan fingerprint density at radius 1 is 1.19 bits per heavy atom. The van der Waals surface area contributed by atoms with Gasteiger partial charge in [0.2, 0.25) is 11.8 Å². The van der Waals surface area contributed by atoms with Crippen LogP contribution >= 0.6 is 0 Å². The molecule has 1 saturated heterocycles. The molecule has 0 unspecified atom stereocenters. The molecule has 1 aliphatic rings. The number of hydrogen-bond acceptors (Lipinski definition) is 4. The van der Waals surface area contributed by atoms with E-state index in [0.29, 0.717) is 36.6 Å². The summed E-state index contributed by atoms with van der Waals surface area (Å²) in [4.78, 5) is 29.7. The van der Waals surface area contributed by atoms with Crippen molar-refractivity contribution in [3.05, 3.63) is 42.2 Å². The Morgan fingerprint density at radius 3 is 2.73 bits per heavy atom. The van der Waals surface area contributed by atoms with Crippen LogP contribution in [-0.2, 0) is 16.0 Å². The van der Waals surface area contributed by atoms with Gasteiger partial charge in [-0.1, -0.05) is 12.1 Å². The molecule has 0 atom stereocenters. The number of rotatable bonds is 7. The maximum absolute atomic E-state index is 13.7. The number of carbonyl (C=O) groups excluding carboxylic acids is 2. The Morgan fingerprint density at radius 2 is 1.96 bits per heavy atom. The quantitative estimate of drug-likeness (QED) is 0.824. The van der Waals surface area contributed by atoms with Crippen molar-refractivity contribution in [3.8, 4) is 11.3 Å². The van der Waals surface area contributed by atoms with Gasteiger partial charge in [-0.3, -0.25) is 9.59 Å². The smallest absolute Gasteiger partial charge is 0.224 e. The largest absolute Gasteiger partial charge is 0.441 e. The van der Waals surface area contributed by atoms with Gasteiger partial charge in [-0.25, -0.2) is 9.37 Å². The van der Waals surface area contributed by atoms with Crippen LogP contribution < -0.4 is 5.32 Å². The molecule has 7 heteroatoms. The topological polar surface area (TPSA) is 75.4 Å². The molecule has 0 spiro atoms. The number of benzene rings is 1. The second-order valence-corrected chi connectivity index (χ2v) is 6.29. The molecule has 1 aliphatic heterocycles. The Hall–Kier alpha value is -2.70. The molecule has 1 fully saturated rings. The van der Waals surface area contributed by atoms with Crippen LogP contribution in [0.3, 0.4) is 0 Å². The molecule has 0 aliphatic carbocycles. The molecule has 2 heterocycles. The van der Waals surface area contributed by atoms with E-state index in [2.05, 4.69) is 10.3 Å². The van der Waals surface area contributed by atoms with Gasteiger partial charge in [-0.05, 0) is 25.0 Å². The summed E-state index contributed by atoms with van der Waals surface area (Å²) < 4.78 is 19.3. The van der Waals surface area contributed by atoms with Crippen LogP contribution in [0.4, 0.5) is 4.39 Å². The van der Waals surface area contributed by atoms with E-state index in [1.54, 1.807) is 18.2 Å². The lowest BCUT2D eigenvalue weighted by Gasteiger charge is -2.15. The van der Waals surface area contributed by atoms with Gasteiger partial charge in [-0.2, -0.15) is 0 Å². The maximum Gasteiger partial charge on any atom is 0.224 e. The lowest BCUT2D eigenvalue weighted by atomic mass is 10.2. The molecule has 1 aromatic carbocycles. The Labute approximate surface area is 151 Å². The zero-order valence-corrected chi connectivity index (χ0v) is 14.5. The summed E-state index contributed by atoms with van der Waals surface area (Å²) in [6.07, 6.45) is 4.42. The van der Waals surface area contributed by atoms with Crippen molar-refractivity contribution in [2.45, 2.75) is 32.1 Å². The summed E-state index contributed by atoms with van der Waals surface area (Å²) in [5.74, 6) is 0.270. The van der Waals surface area contributed by atoms with Gasteiger partial charge in [0.05, 0.1) is 11.8 Å². The fourth-order valence-electron chi connectivity index (χ4n) is 2.95. The third-order valence-corrected chi connectivity index (χ3v) is 4.38. The van der Waals surface area contributed by atoms with Crippen LogP contribution in [0, 0.1) is 5.82 Å². The average Bonchev–Trinajstić information content (AvgIpc) is 3.32. The number of aromatic nitrogens is 1. The molecular formula is C19H22FN3O3. The molecule has 0 bridgehead atoms. The van der Waals surface area contributed by atoms with E-state index in [4.69, 9.17) is 4.42 Å². The first kappa shape index (κ1) is 18.1. The molecule has 0 radical (unpaired) electrons. The number of likely N-dealkylation sites (tertiary alicyclic amines) is 1. The highest BCUT2D eigenvalue weighted by Gasteiger charge is 2.17. The van der Waals surface area contributed by atoms with Crippen molar-refractivity contribution >= 4 is 11.8 Å². The van der Waals surface area contributed by atoms with Crippen LogP contribution in [0.15, 0.2) is 34.9 Å². The van der Waals surface area contributed by atoms with E-state index in [9.17, 15) is 14.0 Å². The monoisotopic (exact) mass is 359 g/mol. The molecule has 1 aromatic heterocycles. The zero-order chi connectivity index (χ0) is 18.4. The molecule has 26 heavy (non-hydrogen) atoms. The molecule has 2 amide bonds. The Balaban J connectivity index is 1.41. The summed E-state index contributed by atoms with van der Waals surface area (Å²) in [5, 5.41) is 2.74. The number of amides is 2. The Kier molecular flexibility index (Phi) is 5.99. The van der Waals surface area contributed by atoms with E-state index < -0.39 is 0 Å². The summed E-state index contributed by atoms with van der Waals surface area (Å²) in [6, 6.07) is 6.30. The van der Waals surface area contributed by atoms with Crippen molar-refractivity contribution in [1.82, 2.24) is 15.2 Å². The van der Waals surface area contributed by atoms with Gasteiger partial charge in [-0.15, -0.1) is 0 Å². The van der Waals surface area contributed by atoms with E-state index >= 15 is 0 Å². The van der Waals surface area contributed by atoms with E-state index in [-0.39, 0.29) is 24.1 Å². The first-order valence-corrected chi connectivity index (χ1v) is 8.87. The molecule has 2 aromatic rings. The van der Waals surface area contributed by atoms with Crippen LogP contribution in [0.1, 0.15) is 31.6 Å². The van der Waals surface area contributed by atoms with E-state index in [0.717, 1.165) is 25.9 Å². The predicted octanol–water partition coefficient (Wildman–Crippen LogP) is 2.54. The van der Waals surface area contributed by atoms with Gasteiger partial charge in [0.1, 0.15) is 5.82 Å². The van der Waals surface area contributed by atoms with Gasteiger partial charge in [0.25, 0.3) is 0 Å². The number of halogens is 1. The summed E-state index contributed by atoms with van der Waals surface area (Å²) in [6.45, 7) is 1.97. The summed E-state index contributed by atoms with van der Waals surface area (Å²) in [7, 11) is 0. The zero-order valence-electron chi connectivity index (χ0n) is 14.5. The third-order valence-electron chi connectivity index (χ3n) is 4.38.